The fourth-order valence-electron chi connectivity index (χ4n) is 3.78. The first-order valence-electron chi connectivity index (χ1n) is 6.77. The summed E-state index contributed by atoms with van der Waals surface area (Å²) in [5, 5.41) is 9.59. The zero-order valence-corrected chi connectivity index (χ0v) is 11.2. The van der Waals surface area contributed by atoms with Gasteiger partial charge in [0, 0.05) is 13.1 Å². The second-order valence-corrected chi connectivity index (χ2v) is 7.08. The van der Waals surface area contributed by atoms with Crippen molar-refractivity contribution >= 4 is 23.6 Å². The largest absolute Gasteiger partial charge is 0.481 e. The Bertz CT molecular complexity index is 380. The number of aliphatic carboxylic acids is 1. The highest BCUT2D eigenvalue weighted by molar-refractivity contribution is 8.00. The van der Waals surface area contributed by atoms with Gasteiger partial charge in [-0.25, -0.2) is 0 Å². The summed E-state index contributed by atoms with van der Waals surface area (Å²) in [5.74, 6) is 0.745. The Labute approximate surface area is 111 Å². The highest BCUT2D eigenvalue weighted by Gasteiger charge is 2.56. The van der Waals surface area contributed by atoms with Crippen LogP contribution < -0.4 is 0 Å². The standard InChI is InChI=1S/C13H19NO3S/c15-11(10-4-2-6-18-10)14-7-9-3-1-5-13(9,8-14)12(16)17/h9-10H,1-8H2,(H,16,17)/t9-,10?,13+/m0/s1. The molecular weight excluding hydrogens is 250 g/mol. The number of carbonyl (C=O) groups is 2. The zero-order chi connectivity index (χ0) is 12.8. The third kappa shape index (κ3) is 1.75. The topological polar surface area (TPSA) is 57.6 Å². The molecule has 0 aromatic rings. The molecule has 1 amide bonds. The number of likely N-dealkylation sites (tertiary alicyclic amines) is 1. The molecule has 3 aliphatic rings. The molecule has 1 saturated carbocycles. The lowest BCUT2D eigenvalue weighted by Gasteiger charge is -2.24. The van der Waals surface area contributed by atoms with E-state index in [1.165, 1.54) is 0 Å². The Balaban J connectivity index is 1.74. The average molecular weight is 269 g/mol. The molecule has 1 unspecified atom stereocenters. The third-order valence-corrected chi connectivity index (χ3v) is 6.18. The lowest BCUT2D eigenvalue weighted by Crippen LogP contribution is -2.39. The second kappa shape index (κ2) is 4.44. The third-order valence-electron chi connectivity index (χ3n) is 4.81. The van der Waals surface area contributed by atoms with Crippen LogP contribution in [0.2, 0.25) is 0 Å². The molecule has 0 spiro atoms. The van der Waals surface area contributed by atoms with Gasteiger partial charge in [-0.05, 0) is 37.4 Å². The van der Waals surface area contributed by atoms with Crippen LogP contribution in [0.5, 0.6) is 0 Å². The van der Waals surface area contributed by atoms with Crippen molar-refractivity contribution in [2.24, 2.45) is 11.3 Å². The Kier molecular flexibility index (Phi) is 3.04. The summed E-state index contributed by atoms with van der Waals surface area (Å²) in [7, 11) is 0. The molecule has 18 heavy (non-hydrogen) atoms. The highest BCUT2D eigenvalue weighted by atomic mass is 32.2. The van der Waals surface area contributed by atoms with Gasteiger partial charge in [0.25, 0.3) is 0 Å². The predicted octanol–water partition coefficient (Wildman–Crippen LogP) is 1.60. The van der Waals surface area contributed by atoms with Gasteiger partial charge in [-0.2, -0.15) is 0 Å². The number of carbonyl (C=O) groups excluding carboxylic acids is 1. The Morgan fingerprint density at radius 3 is 2.72 bits per heavy atom. The Morgan fingerprint density at radius 1 is 1.28 bits per heavy atom. The molecule has 1 N–H and O–H groups in total. The molecule has 3 atom stereocenters. The summed E-state index contributed by atoms with van der Waals surface area (Å²) in [6, 6.07) is 0. The fourth-order valence-corrected chi connectivity index (χ4v) is 5.03. The molecule has 3 rings (SSSR count). The van der Waals surface area contributed by atoms with E-state index in [1.54, 1.807) is 11.8 Å². The minimum atomic E-state index is -0.695. The van der Waals surface area contributed by atoms with E-state index in [-0.39, 0.29) is 17.1 Å². The van der Waals surface area contributed by atoms with Crippen LogP contribution in [0.3, 0.4) is 0 Å². The number of amides is 1. The van der Waals surface area contributed by atoms with Crippen LogP contribution in [-0.2, 0) is 9.59 Å². The van der Waals surface area contributed by atoms with Crippen LogP contribution in [0.1, 0.15) is 32.1 Å². The van der Waals surface area contributed by atoms with Crippen molar-refractivity contribution in [2.45, 2.75) is 37.4 Å². The zero-order valence-electron chi connectivity index (χ0n) is 10.4. The van der Waals surface area contributed by atoms with Gasteiger partial charge in [-0.3, -0.25) is 9.59 Å². The maximum atomic E-state index is 12.4. The minimum Gasteiger partial charge on any atom is -0.481 e. The first kappa shape index (κ1) is 12.3. The molecule has 100 valence electrons. The minimum absolute atomic E-state index is 0.0923. The average Bonchev–Trinajstić information content (AvgIpc) is 3.03. The second-order valence-electron chi connectivity index (χ2n) is 5.77. The smallest absolute Gasteiger partial charge is 0.311 e. The number of hydrogen-bond acceptors (Lipinski definition) is 3. The lowest BCUT2D eigenvalue weighted by atomic mass is 9.81. The van der Waals surface area contributed by atoms with Crippen LogP contribution in [0.4, 0.5) is 0 Å². The van der Waals surface area contributed by atoms with Gasteiger partial charge in [0.15, 0.2) is 0 Å². The maximum absolute atomic E-state index is 12.4. The van der Waals surface area contributed by atoms with Crippen LogP contribution in [-0.4, -0.2) is 46.0 Å². The van der Waals surface area contributed by atoms with E-state index in [0.717, 1.165) is 37.9 Å². The predicted molar refractivity (Wildman–Crippen MR) is 69.5 cm³/mol. The molecule has 2 saturated heterocycles. The first-order valence-corrected chi connectivity index (χ1v) is 7.82. The quantitative estimate of drug-likeness (QED) is 0.827. The molecule has 2 heterocycles. The molecule has 0 radical (unpaired) electrons. The van der Waals surface area contributed by atoms with Crippen molar-refractivity contribution in [2.75, 3.05) is 18.8 Å². The van der Waals surface area contributed by atoms with Gasteiger partial charge < -0.3 is 10.0 Å². The molecule has 2 aliphatic heterocycles. The summed E-state index contributed by atoms with van der Waals surface area (Å²) in [6.45, 7) is 1.12. The van der Waals surface area contributed by atoms with Gasteiger partial charge in [0.2, 0.25) is 5.91 Å². The highest BCUT2D eigenvalue weighted by Crippen LogP contribution is 2.49. The molecule has 0 aromatic heterocycles. The normalized spacial score (nSPS) is 39.0. The number of fused-ring (bicyclic) bond motifs is 1. The van der Waals surface area contributed by atoms with Crippen molar-refractivity contribution in [1.82, 2.24) is 4.90 Å². The van der Waals surface area contributed by atoms with Gasteiger partial charge in [-0.15, -0.1) is 11.8 Å². The molecule has 4 nitrogen and oxygen atoms in total. The van der Waals surface area contributed by atoms with Gasteiger partial charge in [0.05, 0.1) is 10.7 Å². The van der Waals surface area contributed by atoms with E-state index in [2.05, 4.69) is 0 Å². The Morgan fingerprint density at radius 2 is 2.11 bits per heavy atom. The van der Waals surface area contributed by atoms with Gasteiger partial charge >= 0.3 is 5.97 Å². The lowest BCUT2D eigenvalue weighted by molar-refractivity contribution is -0.149. The SMILES string of the molecule is O=C(C1CCCS1)N1C[C@@H]2CCC[C@@]2(C(=O)O)C1. The molecule has 0 bridgehead atoms. The van der Waals surface area contributed by atoms with Crippen molar-refractivity contribution in [3.05, 3.63) is 0 Å². The maximum Gasteiger partial charge on any atom is 0.311 e. The monoisotopic (exact) mass is 269 g/mol. The van der Waals surface area contributed by atoms with E-state index in [4.69, 9.17) is 0 Å². The van der Waals surface area contributed by atoms with E-state index in [9.17, 15) is 14.7 Å². The van der Waals surface area contributed by atoms with Crippen molar-refractivity contribution in [3.8, 4) is 0 Å². The fraction of sp³-hybridized carbons (Fsp3) is 0.846. The van der Waals surface area contributed by atoms with E-state index in [1.807, 2.05) is 4.90 Å². The number of carboxylic acid groups (broad SMARTS) is 1. The van der Waals surface area contributed by atoms with Gasteiger partial charge in [-0.1, -0.05) is 6.42 Å². The van der Waals surface area contributed by atoms with Crippen molar-refractivity contribution < 1.29 is 14.7 Å². The summed E-state index contributed by atoms with van der Waals surface area (Å²) >= 11 is 1.73. The van der Waals surface area contributed by atoms with Crippen LogP contribution in [0.25, 0.3) is 0 Å². The van der Waals surface area contributed by atoms with E-state index < -0.39 is 11.4 Å². The number of nitrogens with zero attached hydrogens (tertiary/aromatic N) is 1. The van der Waals surface area contributed by atoms with Crippen LogP contribution in [0.15, 0.2) is 0 Å². The number of thioether (sulfide) groups is 1. The summed E-state index contributed by atoms with van der Waals surface area (Å²) in [6.07, 6.45) is 4.78. The van der Waals surface area contributed by atoms with E-state index >= 15 is 0 Å². The van der Waals surface area contributed by atoms with Crippen molar-refractivity contribution in [1.29, 1.82) is 0 Å². The molecule has 3 fully saturated rings. The van der Waals surface area contributed by atoms with E-state index in [0.29, 0.717) is 13.1 Å². The van der Waals surface area contributed by atoms with Crippen LogP contribution in [0, 0.1) is 11.3 Å². The molecular formula is C13H19NO3S. The number of hydrogen-bond donors (Lipinski definition) is 1. The first-order chi connectivity index (χ1) is 8.63. The summed E-state index contributed by atoms with van der Waals surface area (Å²) < 4.78 is 0. The summed E-state index contributed by atoms with van der Waals surface area (Å²) in [4.78, 5) is 25.7. The molecule has 1 aliphatic carbocycles. The Hall–Kier alpha value is -0.710. The molecule has 5 heteroatoms. The van der Waals surface area contributed by atoms with Crippen molar-refractivity contribution in [3.63, 3.8) is 0 Å². The number of rotatable bonds is 2. The van der Waals surface area contributed by atoms with Crippen LogP contribution >= 0.6 is 11.8 Å². The number of carboxylic acids is 1. The van der Waals surface area contributed by atoms with Gasteiger partial charge in [0.1, 0.15) is 0 Å². The summed E-state index contributed by atoms with van der Waals surface area (Å²) in [5.41, 5.74) is -0.626. The molecule has 0 aromatic carbocycles.